The highest BCUT2D eigenvalue weighted by Crippen LogP contribution is 2.43. The first-order valence-corrected chi connectivity index (χ1v) is 26.8. The van der Waals surface area contributed by atoms with Gasteiger partial charge >= 0.3 is 5.97 Å². The normalized spacial score (nSPS) is 17.7. The maximum Gasteiger partial charge on any atom is 0.306 e. The Hall–Kier alpha value is -4.25. The monoisotopic (exact) mass is 979 g/mol. The molecule has 2 saturated heterocycles. The van der Waals surface area contributed by atoms with Gasteiger partial charge in [-0.25, -0.2) is 0 Å². The molecule has 4 aromatic rings. The molecule has 4 aromatic carbocycles. The summed E-state index contributed by atoms with van der Waals surface area (Å²) < 4.78 is 40.4. The van der Waals surface area contributed by atoms with Gasteiger partial charge in [-0.15, -0.1) is 0 Å². The lowest BCUT2D eigenvalue weighted by molar-refractivity contribution is -0.143. The number of carbonyl (C=O) groups is 1. The fourth-order valence-electron chi connectivity index (χ4n) is 10.7. The molecule has 2 aliphatic heterocycles. The topological polar surface area (TPSA) is 102 Å². The van der Waals surface area contributed by atoms with Crippen LogP contribution < -0.4 is 9.47 Å². The molecule has 0 aliphatic carbocycles. The zero-order valence-electron chi connectivity index (χ0n) is 46.4. The average Bonchev–Trinajstić information content (AvgIpc) is 3.89. The predicted molar refractivity (Wildman–Crippen MR) is 287 cm³/mol. The molecular formula is C62H90O9. The van der Waals surface area contributed by atoms with E-state index in [4.69, 9.17) is 33.2 Å². The number of benzene rings is 4. The number of ether oxygens (including phenoxy) is 7. The third kappa shape index (κ3) is 14.5. The number of aryl methyl sites for hydroxylation is 6. The van der Waals surface area contributed by atoms with Gasteiger partial charge in [-0.3, -0.25) is 4.79 Å². The Morgan fingerprint density at radius 1 is 0.563 bits per heavy atom. The minimum atomic E-state index is -0.559. The lowest BCUT2D eigenvalue weighted by atomic mass is 9.69. The van der Waals surface area contributed by atoms with Crippen LogP contribution in [-0.4, -0.2) is 73.5 Å². The Kier molecular flexibility index (Phi) is 20.4. The Labute approximate surface area is 428 Å². The van der Waals surface area contributed by atoms with Crippen molar-refractivity contribution in [3.63, 3.8) is 0 Å². The molecule has 9 nitrogen and oxygen atoms in total. The zero-order chi connectivity index (χ0) is 52.2. The van der Waals surface area contributed by atoms with Crippen molar-refractivity contribution in [1.29, 1.82) is 0 Å². The summed E-state index contributed by atoms with van der Waals surface area (Å²) in [5.74, 6) is 0.574. The van der Waals surface area contributed by atoms with Gasteiger partial charge in [0.15, 0.2) is 11.6 Å². The van der Waals surface area contributed by atoms with Crippen LogP contribution in [0.25, 0.3) is 0 Å². The van der Waals surface area contributed by atoms with E-state index in [2.05, 4.69) is 142 Å². The van der Waals surface area contributed by atoms with E-state index in [9.17, 15) is 9.90 Å². The van der Waals surface area contributed by atoms with E-state index < -0.39 is 17.2 Å². The van der Waals surface area contributed by atoms with Gasteiger partial charge in [0.25, 0.3) is 0 Å². The molecule has 0 aromatic heterocycles. The lowest BCUT2D eigenvalue weighted by Crippen LogP contribution is -2.28. The van der Waals surface area contributed by atoms with Crippen LogP contribution in [0.15, 0.2) is 72.8 Å². The summed E-state index contributed by atoms with van der Waals surface area (Å²) in [6.45, 7) is 33.9. The molecule has 0 spiro atoms. The van der Waals surface area contributed by atoms with E-state index in [1.807, 2.05) is 34.6 Å². The smallest absolute Gasteiger partial charge is 0.306 e. The highest BCUT2D eigenvalue weighted by atomic mass is 16.8. The fraction of sp³-hybridized carbons (Fsp3) is 0.597. The number of carbonyl (C=O) groups excluding carboxylic acids is 1. The van der Waals surface area contributed by atoms with Gasteiger partial charge in [0.2, 0.25) is 0 Å². The molecule has 1 N–H and O–H groups in total. The molecule has 0 amide bonds. The van der Waals surface area contributed by atoms with Crippen molar-refractivity contribution in [3.05, 3.63) is 128 Å². The van der Waals surface area contributed by atoms with E-state index in [-0.39, 0.29) is 29.0 Å². The summed E-state index contributed by atoms with van der Waals surface area (Å²) >= 11 is 0. The largest absolute Gasteiger partial charge is 0.491 e. The average molecular weight is 979 g/mol. The maximum absolute atomic E-state index is 11.8. The standard InChI is InChI=1S/C32H48O4.C30H42O5/c1-9-31(33,10-2)18-17-25-13-14-26(19-23(25)5)32(11-3,12-4)27-15-16-29(24(6)20-27)34-21-28-22-35-30(7,8)36-28;1-8-30(9-2,24-13-11-23(21(4)17-24)12-16-28(31)32-10-3)25-14-15-27(22(5)18-25)33-19-26-20-34-29(6,7)35-26/h13-16,19-20,28,33H,9-12,17-18,21-22H2,1-8H3;11,13-15,17-18,26H,8-10,12,16,19-20H2,1-7H3. The van der Waals surface area contributed by atoms with Crippen LogP contribution >= 0.6 is 0 Å². The second kappa shape index (κ2) is 25.1. The van der Waals surface area contributed by atoms with Gasteiger partial charge in [0.1, 0.15) is 36.9 Å². The Morgan fingerprint density at radius 2 is 0.944 bits per heavy atom. The quantitative estimate of drug-likeness (QED) is 0.0728. The Morgan fingerprint density at radius 3 is 1.27 bits per heavy atom. The number of rotatable bonds is 23. The molecular weight excluding hydrogens is 889 g/mol. The second-order valence-electron chi connectivity index (χ2n) is 21.1. The van der Waals surface area contributed by atoms with Crippen LogP contribution in [0.2, 0.25) is 0 Å². The highest BCUT2D eigenvalue weighted by Gasteiger charge is 2.36. The first-order valence-electron chi connectivity index (χ1n) is 26.8. The molecule has 392 valence electrons. The molecule has 0 saturated carbocycles. The number of esters is 1. The van der Waals surface area contributed by atoms with Crippen molar-refractivity contribution >= 4 is 5.97 Å². The van der Waals surface area contributed by atoms with Crippen LogP contribution in [0.1, 0.15) is 183 Å². The van der Waals surface area contributed by atoms with E-state index >= 15 is 0 Å². The summed E-state index contributed by atoms with van der Waals surface area (Å²) in [5.41, 5.74) is 11.9. The second-order valence-corrected chi connectivity index (χ2v) is 21.1. The molecule has 9 heteroatoms. The minimum Gasteiger partial charge on any atom is -0.491 e. The van der Waals surface area contributed by atoms with E-state index in [0.29, 0.717) is 45.9 Å². The van der Waals surface area contributed by atoms with Crippen molar-refractivity contribution in [1.82, 2.24) is 0 Å². The van der Waals surface area contributed by atoms with Gasteiger partial charge < -0.3 is 38.3 Å². The van der Waals surface area contributed by atoms with Crippen LogP contribution in [0, 0.1) is 27.7 Å². The summed E-state index contributed by atoms with van der Waals surface area (Å²) in [4.78, 5) is 11.8. The molecule has 71 heavy (non-hydrogen) atoms. The van der Waals surface area contributed by atoms with Gasteiger partial charge in [-0.2, -0.15) is 0 Å². The molecule has 2 atom stereocenters. The first-order chi connectivity index (χ1) is 33.6. The Balaban J connectivity index is 0.000000264. The summed E-state index contributed by atoms with van der Waals surface area (Å²) in [6, 6.07) is 26.9. The molecule has 2 heterocycles. The SMILES string of the molecule is CCC(O)(CC)CCc1ccc(C(CC)(CC)c2ccc(OCC3COC(C)(C)O3)c(C)c2)cc1C.CCOC(=O)CCc1ccc(C(CC)(CC)c2ccc(OCC3COC(C)(C)O3)c(C)c2)cc1C. The molecule has 2 fully saturated rings. The number of hydrogen-bond donors (Lipinski definition) is 1. The predicted octanol–water partition coefficient (Wildman–Crippen LogP) is 13.9. The van der Waals surface area contributed by atoms with Gasteiger partial charge in [-0.05, 0) is 188 Å². The van der Waals surface area contributed by atoms with Crippen molar-refractivity contribution in [2.75, 3.05) is 33.0 Å². The van der Waals surface area contributed by atoms with Crippen molar-refractivity contribution in [2.45, 2.75) is 208 Å². The van der Waals surface area contributed by atoms with E-state index in [1.165, 1.54) is 44.5 Å². The van der Waals surface area contributed by atoms with E-state index in [1.54, 1.807) is 0 Å². The van der Waals surface area contributed by atoms with Crippen LogP contribution in [0.5, 0.6) is 11.5 Å². The van der Waals surface area contributed by atoms with Gasteiger partial charge in [-0.1, -0.05) is 102 Å². The molecule has 0 bridgehead atoms. The summed E-state index contributed by atoms with van der Waals surface area (Å²) in [7, 11) is 0. The lowest BCUT2D eigenvalue weighted by Gasteiger charge is -2.34. The molecule has 6 rings (SSSR count). The molecule has 2 unspecified atom stereocenters. The van der Waals surface area contributed by atoms with Gasteiger partial charge in [0, 0.05) is 17.3 Å². The van der Waals surface area contributed by atoms with Crippen LogP contribution in [0.4, 0.5) is 0 Å². The summed E-state index contributed by atoms with van der Waals surface area (Å²) in [6.07, 6.45) is 8.37. The van der Waals surface area contributed by atoms with E-state index in [0.717, 1.165) is 74.0 Å². The van der Waals surface area contributed by atoms with Crippen molar-refractivity contribution < 1.29 is 43.1 Å². The fourth-order valence-corrected chi connectivity index (χ4v) is 10.7. The van der Waals surface area contributed by atoms with Crippen LogP contribution in [0.3, 0.4) is 0 Å². The van der Waals surface area contributed by atoms with Gasteiger partial charge in [0.05, 0.1) is 25.4 Å². The maximum atomic E-state index is 11.8. The zero-order valence-corrected chi connectivity index (χ0v) is 46.4. The number of hydrogen-bond acceptors (Lipinski definition) is 9. The van der Waals surface area contributed by atoms with Crippen LogP contribution in [-0.2, 0) is 52.2 Å². The third-order valence-electron chi connectivity index (χ3n) is 15.7. The van der Waals surface area contributed by atoms with Crippen molar-refractivity contribution in [3.8, 4) is 11.5 Å². The molecule has 0 radical (unpaired) electrons. The first kappa shape index (κ1) is 57.6. The molecule has 2 aliphatic rings. The third-order valence-corrected chi connectivity index (χ3v) is 15.7. The Bertz CT molecular complexity index is 2330. The minimum absolute atomic E-state index is 0.0448. The summed E-state index contributed by atoms with van der Waals surface area (Å²) in [5, 5.41) is 10.7. The van der Waals surface area contributed by atoms with Crippen molar-refractivity contribution in [2.24, 2.45) is 0 Å². The highest BCUT2D eigenvalue weighted by molar-refractivity contribution is 5.69. The number of aliphatic hydroxyl groups is 1.